The van der Waals surface area contributed by atoms with Gasteiger partial charge in [0, 0.05) is 23.1 Å². The van der Waals surface area contributed by atoms with Gasteiger partial charge in [-0.1, -0.05) is 42.5 Å². The maximum absolute atomic E-state index is 6.56. The molecule has 3 aromatic rings. The number of nitrogens with zero attached hydrogens (tertiary/aromatic N) is 1. The number of pyridine rings is 1. The van der Waals surface area contributed by atoms with Gasteiger partial charge < -0.3 is 4.74 Å². The van der Waals surface area contributed by atoms with Gasteiger partial charge >= 0.3 is 0 Å². The molecule has 0 bridgehead atoms. The van der Waals surface area contributed by atoms with E-state index in [4.69, 9.17) is 16.3 Å². The molecule has 2 aromatic carbocycles. The van der Waals surface area contributed by atoms with Crippen molar-refractivity contribution in [1.82, 2.24) is 4.98 Å². The first-order valence-electron chi connectivity index (χ1n) is 6.89. The number of para-hydroxylation sites is 2. The molecule has 0 spiro atoms. The fourth-order valence-electron chi connectivity index (χ4n) is 2.44. The van der Waals surface area contributed by atoms with E-state index in [-0.39, 0.29) is 5.38 Å². The Morgan fingerprint density at radius 3 is 2.62 bits per heavy atom. The molecule has 2 nitrogen and oxygen atoms in total. The Morgan fingerprint density at radius 1 is 1.00 bits per heavy atom. The van der Waals surface area contributed by atoms with Crippen LogP contribution >= 0.6 is 11.6 Å². The summed E-state index contributed by atoms with van der Waals surface area (Å²) in [4.78, 5) is 4.67. The van der Waals surface area contributed by atoms with Crippen LogP contribution in [-0.4, -0.2) is 12.1 Å². The molecule has 3 heteroatoms. The van der Waals surface area contributed by atoms with E-state index in [9.17, 15) is 0 Å². The minimum absolute atomic E-state index is 0.158. The van der Waals surface area contributed by atoms with Crippen LogP contribution in [0.4, 0.5) is 0 Å². The Balaban J connectivity index is 1.87. The predicted octanol–water partition coefficient (Wildman–Crippen LogP) is 4.77. The molecular formula is C18H16ClNO. The molecule has 0 aliphatic carbocycles. The number of rotatable bonds is 4. The second kappa shape index (κ2) is 6.15. The lowest BCUT2D eigenvalue weighted by Gasteiger charge is -2.13. The van der Waals surface area contributed by atoms with Gasteiger partial charge in [-0.2, -0.15) is 0 Å². The maximum atomic E-state index is 6.56. The number of aromatic nitrogens is 1. The molecule has 1 aromatic heterocycles. The molecule has 3 rings (SSSR count). The molecule has 1 heterocycles. The SMILES string of the molecule is COc1ccccc1C(Cl)Cc1ccc2ccccc2n1. The van der Waals surface area contributed by atoms with Crippen molar-refractivity contribution in [3.63, 3.8) is 0 Å². The molecule has 106 valence electrons. The number of ether oxygens (including phenoxy) is 1. The first kappa shape index (κ1) is 13.9. The van der Waals surface area contributed by atoms with E-state index >= 15 is 0 Å². The number of halogens is 1. The summed E-state index contributed by atoms with van der Waals surface area (Å²) in [6.07, 6.45) is 0.673. The molecule has 21 heavy (non-hydrogen) atoms. The first-order valence-corrected chi connectivity index (χ1v) is 7.33. The van der Waals surface area contributed by atoms with E-state index in [0.717, 1.165) is 27.9 Å². The molecule has 1 unspecified atom stereocenters. The van der Waals surface area contributed by atoms with Crippen LogP contribution in [0.15, 0.2) is 60.7 Å². The Bertz CT molecular complexity index is 757. The zero-order valence-electron chi connectivity index (χ0n) is 11.8. The lowest BCUT2D eigenvalue weighted by atomic mass is 10.1. The summed E-state index contributed by atoms with van der Waals surface area (Å²) in [7, 11) is 1.66. The molecule has 0 aliphatic heterocycles. The van der Waals surface area contributed by atoms with Gasteiger partial charge in [0.1, 0.15) is 5.75 Å². The van der Waals surface area contributed by atoms with E-state index in [0.29, 0.717) is 6.42 Å². The number of hydrogen-bond donors (Lipinski definition) is 0. The van der Waals surface area contributed by atoms with Crippen molar-refractivity contribution in [3.8, 4) is 5.75 Å². The van der Waals surface area contributed by atoms with Crippen molar-refractivity contribution in [2.75, 3.05) is 7.11 Å². The van der Waals surface area contributed by atoms with Crippen LogP contribution in [0.1, 0.15) is 16.6 Å². The zero-order chi connectivity index (χ0) is 14.7. The Labute approximate surface area is 129 Å². The van der Waals surface area contributed by atoms with Crippen molar-refractivity contribution < 1.29 is 4.74 Å². The predicted molar refractivity (Wildman–Crippen MR) is 87.0 cm³/mol. The molecular weight excluding hydrogens is 282 g/mol. The summed E-state index contributed by atoms with van der Waals surface area (Å²) in [5.41, 5.74) is 2.98. The van der Waals surface area contributed by atoms with Gasteiger partial charge in [0.05, 0.1) is 18.0 Å². The third kappa shape index (κ3) is 3.01. The highest BCUT2D eigenvalue weighted by atomic mass is 35.5. The topological polar surface area (TPSA) is 22.1 Å². The fourth-order valence-corrected chi connectivity index (χ4v) is 2.78. The number of hydrogen-bond acceptors (Lipinski definition) is 2. The first-order chi connectivity index (χ1) is 10.3. The standard InChI is InChI=1S/C18H16ClNO/c1-21-18-9-5-3-7-15(18)16(19)12-14-11-10-13-6-2-4-8-17(13)20-14/h2-11,16H,12H2,1H3. The lowest BCUT2D eigenvalue weighted by molar-refractivity contribution is 0.409. The quantitative estimate of drug-likeness (QED) is 0.647. The fraction of sp³-hybridized carbons (Fsp3) is 0.167. The molecule has 0 N–H and O–H groups in total. The van der Waals surface area contributed by atoms with Crippen molar-refractivity contribution >= 4 is 22.5 Å². The van der Waals surface area contributed by atoms with Crippen molar-refractivity contribution in [2.45, 2.75) is 11.8 Å². The minimum Gasteiger partial charge on any atom is -0.496 e. The molecule has 0 amide bonds. The van der Waals surface area contributed by atoms with Gasteiger partial charge in [0.25, 0.3) is 0 Å². The average molecular weight is 298 g/mol. The second-order valence-electron chi connectivity index (χ2n) is 4.91. The van der Waals surface area contributed by atoms with E-state index in [2.05, 4.69) is 17.1 Å². The van der Waals surface area contributed by atoms with E-state index in [1.54, 1.807) is 7.11 Å². The van der Waals surface area contributed by atoms with Gasteiger partial charge in [-0.05, 0) is 18.2 Å². The van der Waals surface area contributed by atoms with Crippen LogP contribution in [0.3, 0.4) is 0 Å². The van der Waals surface area contributed by atoms with Crippen molar-refractivity contribution in [3.05, 3.63) is 71.9 Å². The molecule has 0 saturated carbocycles. The second-order valence-corrected chi connectivity index (χ2v) is 5.44. The van der Waals surface area contributed by atoms with Gasteiger partial charge in [-0.15, -0.1) is 11.6 Å². The summed E-state index contributed by atoms with van der Waals surface area (Å²) in [6, 6.07) is 20.1. The minimum atomic E-state index is -0.158. The number of alkyl halides is 1. The third-order valence-corrected chi connectivity index (χ3v) is 3.91. The summed E-state index contributed by atoms with van der Waals surface area (Å²) >= 11 is 6.56. The smallest absolute Gasteiger partial charge is 0.123 e. The summed E-state index contributed by atoms with van der Waals surface area (Å²) in [5, 5.41) is 0.986. The maximum Gasteiger partial charge on any atom is 0.123 e. The molecule has 0 saturated heterocycles. The highest BCUT2D eigenvalue weighted by molar-refractivity contribution is 6.21. The Morgan fingerprint density at radius 2 is 1.76 bits per heavy atom. The van der Waals surface area contributed by atoms with Crippen LogP contribution in [0.5, 0.6) is 5.75 Å². The number of fused-ring (bicyclic) bond motifs is 1. The van der Waals surface area contributed by atoms with Crippen LogP contribution in [-0.2, 0) is 6.42 Å². The Hall–Kier alpha value is -2.06. The van der Waals surface area contributed by atoms with Crippen LogP contribution in [0, 0.1) is 0 Å². The third-order valence-electron chi connectivity index (χ3n) is 3.52. The average Bonchev–Trinajstić information content (AvgIpc) is 2.54. The highest BCUT2D eigenvalue weighted by Gasteiger charge is 2.14. The van der Waals surface area contributed by atoms with E-state index < -0.39 is 0 Å². The summed E-state index contributed by atoms with van der Waals surface area (Å²) in [5.74, 6) is 0.818. The van der Waals surface area contributed by atoms with Crippen molar-refractivity contribution in [2.24, 2.45) is 0 Å². The number of methoxy groups -OCH3 is 1. The Kier molecular flexibility index (Phi) is 4.07. The van der Waals surface area contributed by atoms with Gasteiger partial charge in [-0.3, -0.25) is 4.98 Å². The monoisotopic (exact) mass is 297 g/mol. The van der Waals surface area contributed by atoms with Crippen LogP contribution in [0.2, 0.25) is 0 Å². The molecule has 0 fully saturated rings. The highest BCUT2D eigenvalue weighted by Crippen LogP contribution is 2.32. The van der Waals surface area contributed by atoms with E-state index in [1.165, 1.54) is 0 Å². The molecule has 1 atom stereocenters. The van der Waals surface area contributed by atoms with Crippen LogP contribution < -0.4 is 4.74 Å². The van der Waals surface area contributed by atoms with Gasteiger partial charge in [0.15, 0.2) is 0 Å². The lowest BCUT2D eigenvalue weighted by Crippen LogP contribution is -2.00. The molecule has 0 radical (unpaired) electrons. The largest absolute Gasteiger partial charge is 0.496 e. The zero-order valence-corrected chi connectivity index (χ0v) is 12.5. The van der Waals surface area contributed by atoms with E-state index in [1.807, 2.05) is 48.5 Å². The molecule has 0 aliphatic rings. The summed E-state index contributed by atoms with van der Waals surface area (Å²) in [6.45, 7) is 0. The normalized spacial score (nSPS) is 12.3. The van der Waals surface area contributed by atoms with Gasteiger partial charge in [-0.25, -0.2) is 0 Å². The summed E-state index contributed by atoms with van der Waals surface area (Å²) < 4.78 is 5.37. The van der Waals surface area contributed by atoms with Crippen LogP contribution in [0.25, 0.3) is 10.9 Å². The van der Waals surface area contributed by atoms with Gasteiger partial charge in [0.2, 0.25) is 0 Å². The number of benzene rings is 2. The van der Waals surface area contributed by atoms with Crippen molar-refractivity contribution in [1.29, 1.82) is 0 Å².